The van der Waals surface area contributed by atoms with Crippen LogP contribution in [0.1, 0.15) is 39.0 Å². The molecule has 28 heavy (non-hydrogen) atoms. The zero-order valence-electron chi connectivity index (χ0n) is 16.4. The highest BCUT2D eigenvalue weighted by molar-refractivity contribution is 5.92. The molecule has 1 aliphatic heterocycles. The molecule has 2 aromatic heterocycles. The molecule has 3 aromatic rings. The molecule has 1 atom stereocenters. The first-order valence-electron chi connectivity index (χ1n) is 10.2. The van der Waals surface area contributed by atoms with Crippen LogP contribution >= 0.6 is 0 Å². The fraction of sp³-hybridized carbons (Fsp3) is 0.476. The molecule has 1 N–H and O–H groups in total. The number of hydrogen-bond acceptors (Lipinski definition) is 3. The fourth-order valence-electron chi connectivity index (χ4n) is 4.04. The molecular weight excluding hydrogens is 352 g/mol. The van der Waals surface area contributed by atoms with E-state index in [-0.39, 0.29) is 12.1 Å². The van der Waals surface area contributed by atoms with E-state index in [9.17, 15) is 4.79 Å². The average molecular weight is 380 g/mol. The lowest BCUT2D eigenvalue weighted by Crippen LogP contribution is -2.46. The van der Waals surface area contributed by atoms with Crippen molar-refractivity contribution in [1.82, 2.24) is 24.2 Å². The number of likely N-dealkylation sites (tertiary alicyclic amines) is 1. The van der Waals surface area contributed by atoms with Crippen LogP contribution in [0.4, 0.5) is 10.5 Å². The van der Waals surface area contributed by atoms with Crippen molar-refractivity contribution < 1.29 is 4.79 Å². The van der Waals surface area contributed by atoms with Gasteiger partial charge in [-0.2, -0.15) is 5.10 Å². The van der Waals surface area contributed by atoms with Crippen LogP contribution in [0.15, 0.2) is 43.0 Å². The Hall–Kier alpha value is -2.83. The van der Waals surface area contributed by atoms with E-state index < -0.39 is 0 Å². The van der Waals surface area contributed by atoms with Gasteiger partial charge >= 0.3 is 6.03 Å². The lowest BCUT2D eigenvalue weighted by molar-refractivity contribution is 0.154. The van der Waals surface area contributed by atoms with Crippen LogP contribution in [0.3, 0.4) is 0 Å². The van der Waals surface area contributed by atoms with Crippen molar-refractivity contribution in [3.8, 4) is 0 Å². The lowest BCUT2D eigenvalue weighted by Gasteiger charge is -2.35. The molecule has 0 saturated carbocycles. The Morgan fingerprint density at radius 1 is 1.29 bits per heavy atom. The maximum absolute atomic E-state index is 12.9. The zero-order chi connectivity index (χ0) is 19.3. The van der Waals surface area contributed by atoms with E-state index in [1.807, 2.05) is 46.4 Å². The van der Waals surface area contributed by atoms with Crippen LogP contribution < -0.4 is 5.32 Å². The zero-order valence-corrected chi connectivity index (χ0v) is 16.4. The molecule has 1 aromatic carbocycles. The summed E-state index contributed by atoms with van der Waals surface area (Å²) in [7, 11) is 0. The molecule has 1 unspecified atom stereocenters. The number of amides is 2. The number of nitrogens with one attached hydrogen (secondary N) is 1. The Morgan fingerprint density at radius 3 is 3.04 bits per heavy atom. The number of benzene rings is 1. The van der Waals surface area contributed by atoms with Gasteiger partial charge in [-0.15, -0.1) is 0 Å². The number of fused-ring (bicyclic) bond motifs is 1. The SMILES string of the molecule is CCCn1cnc2cc(NC(=O)N3CCCCC3CCn3cccn3)ccc21. The molecule has 1 fully saturated rings. The Labute approximate surface area is 165 Å². The highest BCUT2D eigenvalue weighted by Gasteiger charge is 2.26. The highest BCUT2D eigenvalue weighted by Crippen LogP contribution is 2.23. The summed E-state index contributed by atoms with van der Waals surface area (Å²) < 4.78 is 4.09. The number of hydrogen-bond donors (Lipinski definition) is 1. The summed E-state index contributed by atoms with van der Waals surface area (Å²) in [6.45, 7) is 4.75. The number of piperidine rings is 1. The van der Waals surface area contributed by atoms with Gasteiger partial charge in [0.05, 0.1) is 17.4 Å². The maximum atomic E-state index is 12.9. The third-order valence-electron chi connectivity index (χ3n) is 5.48. The Kier molecular flexibility index (Phi) is 5.60. The molecule has 1 saturated heterocycles. The van der Waals surface area contributed by atoms with Gasteiger partial charge < -0.3 is 14.8 Å². The van der Waals surface area contributed by atoms with Gasteiger partial charge in [-0.05, 0) is 56.4 Å². The van der Waals surface area contributed by atoms with Gasteiger partial charge in [0.1, 0.15) is 0 Å². The molecule has 2 amide bonds. The second kappa shape index (κ2) is 8.46. The van der Waals surface area contributed by atoms with E-state index in [1.165, 1.54) is 6.42 Å². The van der Waals surface area contributed by atoms with E-state index in [2.05, 4.69) is 26.9 Å². The minimum absolute atomic E-state index is 0.0162. The highest BCUT2D eigenvalue weighted by atomic mass is 16.2. The number of carbonyl (C=O) groups is 1. The van der Waals surface area contributed by atoms with Gasteiger partial charge in [0.2, 0.25) is 0 Å². The number of urea groups is 1. The van der Waals surface area contributed by atoms with Crippen molar-refractivity contribution in [2.24, 2.45) is 0 Å². The van der Waals surface area contributed by atoms with Gasteiger partial charge in [0.25, 0.3) is 0 Å². The molecule has 4 rings (SSSR count). The topological polar surface area (TPSA) is 68.0 Å². The Balaban J connectivity index is 1.42. The number of carbonyl (C=O) groups excluding carboxylic acids is 1. The predicted octanol–water partition coefficient (Wildman–Crippen LogP) is 4.12. The monoisotopic (exact) mass is 380 g/mol. The first-order chi connectivity index (χ1) is 13.7. The molecule has 0 aliphatic carbocycles. The van der Waals surface area contributed by atoms with Crippen LogP contribution in [0.5, 0.6) is 0 Å². The van der Waals surface area contributed by atoms with Crippen molar-refractivity contribution in [3.05, 3.63) is 43.0 Å². The number of nitrogens with zero attached hydrogens (tertiary/aromatic N) is 5. The summed E-state index contributed by atoms with van der Waals surface area (Å²) in [5.41, 5.74) is 2.82. The van der Waals surface area contributed by atoms with Crippen molar-refractivity contribution in [2.75, 3.05) is 11.9 Å². The van der Waals surface area contributed by atoms with Crippen LogP contribution in [-0.2, 0) is 13.1 Å². The molecule has 0 spiro atoms. The van der Waals surface area contributed by atoms with E-state index in [1.54, 1.807) is 6.20 Å². The molecule has 7 nitrogen and oxygen atoms in total. The van der Waals surface area contributed by atoms with Crippen molar-refractivity contribution in [3.63, 3.8) is 0 Å². The number of anilines is 1. The van der Waals surface area contributed by atoms with Gasteiger partial charge in [-0.25, -0.2) is 9.78 Å². The van der Waals surface area contributed by atoms with Crippen LogP contribution in [0, 0.1) is 0 Å². The Morgan fingerprint density at radius 2 is 2.21 bits per heavy atom. The summed E-state index contributed by atoms with van der Waals surface area (Å²) in [5, 5.41) is 7.35. The minimum atomic E-state index is -0.0162. The van der Waals surface area contributed by atoms with E-state index >= 15 is 0 Å². The van der Waals surface area contributed by atoms with E-state index in [4.69, 9.17) is 0 Å². The normalized spacial score (nSPS) is 17.2. The maximum Gasteiger partial charge on any atom is 0.322 e. The molecule has 1 aliphatic rings. The van der Waals surface area contributed by atoms with Crippen molar-refractivity contribution in [1.29, 1.82) is 0 Å². The summed E-state index contributed by atoms with van der Waals surface area (Å²) in [6.07, 6.45) is 10.9. The van der Waals surface area contributed by atoms with Gasteiger partial charge in [-0.3, -0.25) is 4.68 Å². The lowest BCUT2D eigenvalue weighted by atomic mass is 10.00. The van der Waals surface area contributed by atoms with E-state index in [0.29, 0.717) is 0 Å². The standard InChI is InChI=1S/C21H28N6O/c1-2-11-25-16-22-19-15-17(7-8-20(19)25)24-21(28)27-13-4-3-6-18(27)9-14-26-12-5-10-23-26/h5,7-8,10,12,15-16,18H,2-4,6,9,11,13-14H2,1H3,(H,24,28). The summed E-state index contributed by atoms with van der Waals surface area (Å²) in [4.78, 5) is 19.4. The predicted molar refractivity (Wildman–Crippen MR) is 110 cm³/mol. The van der Waals surface area contributed by atoms with Gasteiger partial charge in [0.15, 0.2) is 0 Å². The second-order valence-electron chi connectivity index (χ2n) is 7.47. The minimum Gasteiger partial charge on any atom is -0.331 e. The van der Waals surface area contributed by atoms with E-state index in [0.717, 1.165) is 62.0 Å². The molecular formula is C21H28N6O. The molecule has 3 heterocycles. The first-order valence-corrected chi connectivity index (χ1v) is 10.2. The Bertz CT molecular complexity index is 916. The number of imidazole rings is 1. The molecule has 0 bridgehead atoms. The summed E-state index contributed by atoms with van der Waals surface area (Å²) in [6, 6.07) is 8.14. The van der Waals surface area contributed by atoms with Crippen LogP contribution in [0.2, 0.25) is 0 Å². The quantitative estimate of drug-likeness (QED) is 0.699. The van der Waals surface area contributed by atoms with Crippen LogP contribution in [-0.4, -0.2) is 42.8 Å². The first kappa shape index (κ1) is 18.5. The van der Waals surface area contributed by atoms with Gasteiger partial charge in [-0.1, -0.05) is 6.92 Å². The number of rotatable bonds is 6. The van der Waals surface area contributed by atoms with Crippen molar-refractivity contribution >= 4 is 22.8 Å². The fourth-order valence-corrected chi connectivity index (χ4v) is 4.04. The van der Waals surface area contributed by atoms with Crippen LogP contribution in [0.25, 0.3) is 11.0 Å². The largest absolute Gasteiger partial charge is 0.331 e. The smallest absolute Gasteiger partial charge is 0.322 e. The van der Waals surface area contributed by atoms with Gasteiger partial charge in [0, 0.05) is 43.8 Å². The molecule has 7 heteroatoms. The summed E-state index contributed by atoms with van der Waals surface area (Å²) in [5.74, 6) is 0. The molecule has 148 valence electrons. The number of aryl methyl sites for hydroxylation is 2. The molecule has 0 radical (unpaired) electrons. The summed E-state index contributed by atoms with van der Waals surface area (Å²) >= 11 is 0. The average Bonchev–Trinajstić information content (AvgIpc) is 3.37. The third kappa shape index (κ3) is 4.03. The number of aromatic nitrogens is 4. The van der Waals surface area contributed by atoms with Crippen molar-refractivity contribution in [2.45, 2.75) is 58.2 Å². The third-order valence-corrected chi connectivity index (χ3v) is 5.48. The second-order valence-corrected chi connectivity index (χ2v) is 7.47.